The lowest BCUT2D eigenvalue weighted by Crippen LogP contribution is -2.10. The minimum absolute atomic E-state index is 0.223. The molecule has 0 spiro atoms. The molecule has 112 valence electrons. The summed E-state index contributed by atoms with van der Waals surface area (Å²) in [5.41, 5.74) is 2.14. The average molecular weight is 298 g/mol. The van der Waals surface area contributed by atoms with E-state index in [0.29, 0.717) is 12.0 Å². The third-order valence-electron chi connectivity index (χ3n) is 3.52. The highest BCUT2D eigenvalue weighted by atomic mass is 19.1. The summed E-state index contributed by atoms with van der Waals surface area (Å²) < 4.78 is 19.7. The van der Waals surface area contributed by atoms with Crippen LogP contribution in [-0.2, 0) is 6.42 Å². The summed E-state index contributed by atoms with van der Waals surface area (Å²) >= 11 is 0. The first-order chi connectivity index (χ1) is 10.8. The SMILES string of the molecule is COc1cccc(C(Cc2cccnn2)c2cnc[nH]2)c1F. The quantitative estimate of drug-likeness (QED) is 0.786. The number of imidazole rings is 1. The standard InChI is InChI=1S/C16H15FN4O/c1-22-15-6-2-5-12(16(15)17)13(14-9-18-10-19-14)8-11-4-3-7-20-21-11/h2-7,9-10,13H,8H2,1H3,(H,18,19). The van der Waals surface area contributed by atoms with E-state index in [1.807, 2.05) is 12.1 Å². The molecule has 22 heavy (non-hydrogen) atoms. The third kappa shape index (κ3) is 2.81. The number of nitrogens with one attached hydrogen (secondary N) is 1. The highest BCUT2D eigenvalue weighted by molar-refractivity contribution is 5.37. The summed E-state index contributed by atoms with van der Waals surface area (Å²) in [6.45, 7) is 0. The van der Waals surface area contributed by atoms with Crippen molar-refractivity contribution in [3.63, 3.8) is 0 Å². The van der Waals surface area contributed by atoms with E-state index in [1.165, 1.54) is 7.11 Å². The van der Waals surface area contributed by atoms with Gasteiger partial charge in [-0.1, -0.05) is 12.1 Å². The van der Waals surface area contributed by atoms with Crippen molar-refractivity contribution in [3.8, 4) is 5.75 Å². The molecule has 0 bridgehead atoms. The molecule has 0 aliphatic heterocycles. The molecule has 1 N–H and O–H groups in total. The van der Waals surface area contributed by atoms with Crippen LogP contribution in [0.15, 0.2) is 49.1 Å². The van der Waals surface area contributed by atoms with E-state index in [4.69, 9.17) is 4.74 Å². The van der Waals surface area contributed by atoms with Crippen LogP contribution in [0.3, 0.4) is 0 Å². The van der Waals surface area contributed by atoms with E-state index in [0.717, 1.165) is 11.4 Å². The maximum Gasteiger partial charge on any atom is 0.168 e. The Morgan fingerprint density at radius 2 is 2.18 bits per heavy atom. The van der Waals surface area contributed by atoms with Crippen LogP contribution in [0.1, 0.15) is 22.9 Å². The Morgan fingerprint density at radius 3 is 2.86 bits per heavy atom. The minimum Gasteiger partial charge on any atom is -0.494 e. The number of rotatable bonds is 5. The Hall–Kier alpha value is -2.76. The molecule has 2 heterocycles. The molecule has 0 radical (unpaired) electrons. The fourth-order valence-corrected chi connectivity index (χ4v) is 2.45. The zero-order chi connectivity index (χ0) is 15.4. The predicted molar refractivity (Wildman–Crippen MR) is 79.1 cm³/mol. The molecule has 0 saturated carbocycles. The van der Waals surface area contributed by atoms with Crippen molar-refractivity contribution < 1.29 is 9.13 Å². The third-order valence-corrected chi connectivity index (χ3v) is 3.52. The maximum absolute atomic E-state index is 14.6. The monoisotopic (exact) mass is 298 g/mol. The van der Waals surface area contributed by atoms with Gasteiger partial charge in [0.05, 0.1) is 19.1 Å². The molecule has 0 aliphatic carbocycles. The van der Waals surface area contributed by atoms with E-state index in [9.17, 15) is 4.39 Å². The fourth-order valence-electron chi connectivity index (χ4n) is 2.45. The molecule has 0 fully saturated rings. The van der Waals surface area contributed by atoms with Gasteiger partial charge >= 0.3 is 0 Å². The molecule has 0 aliphatic rings. The number of methoxy groups -OCH3 is 1. The van der Waals surface area contributed by atoms with Gasteiger partial charge in [0.2, 0.25) is 0 Å². The van der Waals surface area contributed by atoms with E-state index in [1.54, 1.807) is 36.9 Å². The second-order valence-corrected chi connectivity index (χ2v) is 4.84. The number of benzene rings is 1. The first kappa shape index (κ1) is 14.2. The summed E-state index contributed by atoms with van der Waals surface area (Å²) in [5, 5.41) is 7.96. The summed E-state index contributed by atoms with van der Waals surface area (Å²) in [6, 6.07) is 8.81. The molecule has 3 aromatic rings. The molecular formula is C16H15FN4O. The summed E-state index contributed by atoms with van der Waals surface area (Å²) in [4.78, 5) is 7.09. The van der Waals surface area contributed by atoms with Crippen LogP contribution < -0.4 is 4.74 Å². The normalized spacial score (nSPS) is 12.1. The van der Waals surface area contributed by atoms with Gasteiger partial charge in [0.1, 0.15) is 0 Å². The number of halogens is 1. The smallest absolute Gasteiger partial charge is 0.168 e. The topological polar surface area (TPSA) is 63.7 Å². The van der Waals surface area contributed by atoms with Crippen LogP contribution in [0, 0.1) is 5.82 Å². The number of aromatic nitrogens is 4. The Bertz CT molecular complexity index is 731. The number of hydrogen-bond acceptors (Lipinski definition) is 4. The first-order valence-electron chi connectivity index (χ1n) is 6.87. The summed E-state index contributed by atoms with van der Waals surface area (Å²) in [6.07, 6.45) is 5.40. The van der Waals surface area contributed by atoms with Crippen LogP contribution in [0.4, 0.5) is 4.39 Å². The fraction of sp³-hybridized carbons (Fsp3) is 0.188. The Morgan fingerprint density at radius 1 is 1.27 bits per heavy atom. The zero-order valence-corrected chi connectivity index (χ0v) is 12.0. The number of H-pyrrole nitrogens is 1. The van der Waals surface area contributed by atoms with Crippen molar-refractivity contribution in [1.82, 2.24) is 20.2 Å². The van der Waals surface area contributed by atoms with Crippen LogP contribution in [0.5, 0.6) is 5.75 Å². The van der Waals surface area contributed by atoms with Crippen LogP contribution >= 0.6 is 0 Å². The van der Waals surface area contributed by atoms with Crippen molar-refractivity contribution >= 4 is 0 Å². The second-order valence-electron chi connectivity index (χ2n) is 4.84. The van der Waals surface area contributed by atoms with Gasteiger partial charge in [-0.15, -0.1) is 0 Å². The average Bonchev–Trinajstić information content (AvgIpc) is 3.08. The van der Waals surface area contributed by atoms with Crippen molar-refractivity contribution in [2.75, 3.05) is 7.11 Å². The van der Waals surface area contributed by atoms with Crippen molar-refractivity contribution in [3.05, 3.63) is 71.8 Å². The molecule has 0 amide bonds. The van der Waals surface area contributed by atoms with Gasteiger partial charge in [-0.05, 0) is 18.2 Å². The highest BCUT2D eigenvalue weighted by Crippen LogP contribution is 2.32. The molecule has 0 saturated heterocycles. The first-order valence-corrected chi connectivity index (χ1v) is 6.87. The van der Waals surface area contributed by atoms with Gasteiger partial charge in [-0.25, -0.2) is 9.37 Å². The van der Waals surface area contributed by atoms with Gasteiger partial charge in [0, 0.05) is 36.0 Å². The molecule has 1 atom stereocenters. The predicted octanol–water partition coefficient (Wildman–Crippen LogP) is 2.72. The summed E-state index contributed by atoms with van der Waals surface area (Å²) in [7, 11) is 1.45. The molecule has 6 heteroatoms. The van der Waals surface area contributed by atoms with E-state index in [2.05, 4.69) is 20.2 Å². The Kier molecular flexibility index (Phi) is 4.09. The van der Waals surface area contributed by atoms with Crippen molar-refractivity contribution in [2.24, 2.45) is 0 Å². The number of aromatic amines is 1. The van der Waals surface area contributed by atoms with Gasteiger partial charge in [0.15, 0.2) is 11.6 Å². The van der Waals surface area contributed by atoms with E-state index >= 15 is 0 Å². The number of hydrogen-bond donors (Lipinski definition) is 1. The highest BCUT2D eigenvalue weighted by Gasteiger charge is 2.22. The number of nitrogens with zero attached hydrogens (tertiary/aromatic N) is 3. The molecule has 5 nitrogen and oxygen atoms in total. The molecule has 3 rings (SSSR count). The van der Waals surface area contributed by atoms with Gasteiger partial charge in [-0.2, -0.15) is 10.2 Å². The Balaban J connectivity index is 2.03. The molecular weight excluding hydrogens is 283 g/mol. The van der Waals surface area contributed by atoms with E-state index < -0.39 is 0 Å². The Labute approximate surface area is 127 Å². The van der Waals surface area contributed by atoms with Crippen molar-refractivity contribution in [1.29, 1.82) is 0 Å². The lowest BCUT2D eigenvalue weighted by atomic mass is 9.91. The van der Waals surface area contributed by atoms with Gasteiger partial charge < -0.3 is 9.72 Å². The van der Waals surface area contributed by atoms with E-state index in [-0.39, 0.29) is 17.5 Å². The maximum atomic E-state index is 14.6. The minimum atomic E-state index is -0.367. The van der Waals surface area contributed by atoms with Gasteiger partial charge in [0.25, 0.3) is 0 Å². The van der Waals surface area contributed by atoms with Crippen LogP contribution in [0.25, 0.3) is 0 Å². The second kappa shape index (κ2) is 6.34. The lowest BCUT2D eigenvalue weighted by molar-refractivity contribution is 0.383. The molecule has 1 unspecified atom stereocenters. The molecule has 1 aromatic carbocycles. The molecule has 2 aromatic heterocycles. The summed E-state index contributed by atoms with van der Waals surface area (Å²) in [5.74, 6) is -0.385. The number of ether oxygens (including phenoxy) is 1. The van der Waals surface area contributed by atoms with Crippen molar-refractivity contribution in [2.45, 2.75) is 12.3 Å². The van der Waals surface area contributed by atoms with Gasteiger partial charge in [-0.3, -0.25) is 0 Å². The zero-order valence-electron chi connectivity index (χ0n) is 12.0. The van der Waals surface area contributed by atoms with Crippen LogP contribution in [-0.4, -0.2) is 27.3 Å². The lowest BCUT2D eigenvalue weighted by Gasteiger charge is -2.17. The van der Waals surface area contributed by atoms with Crippen LogP contribution in [0.2, 0.25) is 0 Å². The largest absolute Gasteiger partial charge is 0.494 e.